The van der Waals surface area contributed by atoms with E-state index >= 15 is 0 Å². The van der Waals surface area contributed by atoms with E-state index < -0.39 is 5.91 Å². The zero-order valence-electron chi connectivity index (χ0n) is 11.3. The van der Waals surface area contributed by atoms with E-state index in [0.29, 0.717) is 17.3 Å². The summed E-state index contributed by atoms with van der Waals surface area (Å²) in [7, 11) is 0. The lowest BCUT2D eigenvalue weighted by Gasteiger charge is -2.08. The van der Waals surface area contributed by atoms with E-state index in [4.69, 9.17) is 5.21 Å². The van der Waals surface area contributed by atoms with Crippen LogP contribution in [-0.2, 0) is 4.79 Å². The molecule has 0 unspecified atom stereocenters. The summed E-state index contributed by atoms with van der Waals surface area (Å²) in [5.74, 6) is 0.704. The number of fused-ring (bicyclic) bond motifs is 1. The highest BCUT2D eigenvalue weighted by atomic mass is 16.5. The number of aromatic amines is 1. The maximum atomic E-state index is 11.2. The number of aromatic nitrogens is 4. The summed E-state index contributed by atoms with van der Waals surface area (Å²) in [6, 6.07) is 5.72. The Morgan fingerprint density at radius 3 is 3.05 bits per heavy atom. The summed E-state index contributed by atoms with van der Waals surface area (Å²) in [6.07, 6.45) is 3.34. The number of amides is 1. The number of imidazole rings is 2. The number of pyridine rings is 1. The van der Waals surface area contributed by atoms with E-state index in [1.807, 2.05) is 29.5 Å². The van der Waals surface area contributed by atoms with Crippen LogP contribution >= 0.6 is 0 Å². The highest BCUT2D eigenvalue weighted by molar-refractivity contribution is 5.82. The molecule has 1 amide bonds. The van der Waals surface area contributed by atoms with Crippen molar-refractivity contribution in [2.45, 2.75) is 6.92 Å². The quantitative estimate of drug-likeness (QED) is 0.422. The third-order valence-electron chi connectivity index (χ3n) is 3.10. The smallest absolute Gasteiger partial charge is 0.262 e. The second-order valence-electron chi connectivity index (χ2n) is 4.50. The van der Waals surface area contributed by atoms with Crippen molar-refractivity contribution in [3.63, 3.8) is 0 Å². The van der Waals surface area contributed by atoms with Crippen LogP contribution < -0.4 is 10.8 Å². The van der Waals surface area contributed by atoms with Gasteiger partial charge in [-0.15, -0.1) is 0 Å². The van der Waals surface area contributed by atoms with Crippen molar-refractivity contribution in [3.05, 3.63) is 36.3 Å². The summed E-state index contributed by atoms with van der Waals surface area (Å²) in [5.41, 5.74) is 3.91. The average molecular weight is 286 g/mol. The molecule has 3 heterocycles. The fourth-order valence-corrected chi connectivity index (χ4v) is 2.18. The summed E-state index contributed by atoms with van der Waals surface area (Å²) in [4.78, 5) is 23.0. The second kappa shape index (κ2) is 5.25. The molecule has 0 spiro atoms. The molecule has 0 saturated heterocycles. The number of rotatable bonds is 4. The van der Waals surface area contributed by atoms with Crippen molar-refractivity contribution in [2.24, 2.45) is 0 Å². The molecule has 0 saturated carbocycles. The van der Waals surface area contributed by atoms with Crippen molar-refractivity contribution in [3.8, 4) is 11.5 Å². The van der Waals surface area contributed by atoms with Gasteiger partial charge in [0.15, 0.2) is 5.82 Å². The number of anilines is 1. The number of nitrogens with zero attached hydrogens (tertiary/aromatic N) is 3. The maximum Gasteiger partial charge on any atom is 0.262 e. The number of carbonyl (C=O) groups excluding carboxylic acids is 1. The zero-order valence-corrected chi connectivity index (χ0v) is 11.3. The van der Waals surface area contributed by atoms with E-state index in [9.17, 15) is 4.79 Å². The first-order valence-corrected chi connectivity index (χ1v) is 6.35. The molecule has 108 valence electrons. The van der Waals surface area contributed by atoms with Gasteiger partial charge in [-0.3, -0.25) is 14.4 Å². The molecule has 0 bridgehead atoms. The highest BCUT2D eigenvalue weighted by Gasteiger charge is 2.17. The Kier molecular flexibility index (Phi) is 3.28. The number of carbonyl (C=O) groups is 1. The Morgan fingerprint density at radius 1 is 1.48 bits per heavy atom. The highest BCUT2D eigenvalue weighted by Crippen LogP contribution is 2.27. The number of aryl methyl sites for hydroxylation is 1. The van der Waals surface area contributed by atoms with E-state index in [1.54, 1.807) is 17.9 Å². The molecule has 0 aliphatic rings. The fraction of sp³-hybridized carbons (Fsp3) is 0.154. The largest absolute Gasteiger partial charge is 0.360 e. The topological polar surface area (TPSA) is 107 Å². The van der Waals surface area contributed by atoms with E-state index in [2.05, 4.69) is 20.3 Å². The first-order chi connectivity index (χ1) is 10.2. The molecule has 8 heteroatoms. The Morgan fingerprint density at radius 2 is 2.33 bits per heavy atom. The predicted octanol–water partition coefficient (Wildman–Crippen LogP) is 0.950. The van der Waals surface area contributed by atoms with Crippen molar-refractivity contribution in [2.75, 3.05) is 11.9 Å². The van der Waals surface area contributed by atoms with Crippen LogP contribution in [0.15, 0.2) is 30.6 Å². The predicted molar refractivity (Wildman–Crippen MR) is 75.9 cm³/mol. The van der Waals surface area contributed by atoms with Crippen LogP contribution in [-0.4, -0.2) is 37.0 Å². The van der Waals surface area contributed by atoms with Crippen molar-refractivity contribution < 1.29 is 10.0 Å². The summed E-state index contributed by atoms with van der Waals surface area (Å²) in [5, 5.41) is 11.6. The number of hydroxylamine groups is 1. The van der Waals surface area contributed by atoms with Crippen LogP contribution in [0.5, 0.6) is 0 Å². The molecule has 3 aromatic rings. The summed E-state index contributed by atoms with van der Waals surface area (Å²) in [6.45, 7) is 1.87. The third-order valence-corrected chi connectivity index (χ3v) is 3.10. The third kappa shape index (κ3) is 2.32. The van der Waals surface area contributed by atoms with Crippen molar-refractivity contribution >= 4 is 17.4 Å². The molecule has 0 aliphatic carbocycles. The van der Waals surface area contributed by atoms with Crippen LogP contribution in [0.25, 0.3) is 17.2 Å². The van der Waals surface area contributed by atoms with E-state index in [0.717, 1.165) is 11.3 Å². The van der Waals surface area contributed by atoms with Gasteiger partial charge in [-0.1, -0.05) is 6.07 Å². The molecular formula is C13H14N6O2. The molecule has 21 heavy (non-hydrogen) atoms. The minimum Gasteiger partial charge on any atom is -0.360 e. The minimum absolute atomic E-state index is 0.0770. The molecule has 4 N–H and O–H groups in total. The molecule has 8 nitrogen and oxygen atoms in total. The fourth-order valence-electron chi connectivity index (χ4n) is 2.18. The van der Waals surface area contributed by atoms with Gasteiger partial charge >= 0.3 is 0 Å². The molecule has 3 rings (SSSR count). The van der Waals surface area contributed by atoms with Gasteiger partial charge in [0.1, 0.15) is 17.2 Å². The average Bonchev–Trinajstić information content (AvgIpc) is 3.12. The lowest BCUT2D eigenvalue weighted by molar-refractivity contribution is -0.127. The summed E-state index contributed by atoms with van der Waals surface area (Å²) < 4.78 is 1.89. The van der Waals surface area contributed by atoms with Gasteiger partial charge in [0.05, 0.1) is 6.54 Å². The molecule has 0 fully saturated rings. The normalized spacial score (nSPS) is 10.8. The van der Waals surface area contributed by atoms with Crippen LogP contribution in [0.4, 0.5) is 5.82 Å². The van der Waals surface area contributed by atoms with Gasteiger partial charge in [0.2, 0.25) is 0 Å². The van der Waals surface area contributed by atoms with Gasteiger partial charge in [-0.25, -0.2) is 15.4 Å². The Labute approximate surface area is 119 Å². The molecule has 3 aromatic heterocycles. The Hall–Kier alpha value is -2.87. The number of H-pyrrole nitrogens is 1. The van der Waals surface area contributed by atoms with Crippen LogP contribution in [0.1, 0.15) is 5.69 Å². The van der Waals surface area contributed by atoms with E-state index in [-0.39, 0.29) is 6.54 Å². The first kappa shape index (κ1) is 13.1. The molecule has 0 radical (unpaired) electrons. The van der Waals surface area contributed by atoms with Gasteiger partial charge in [-0.05, 0) is 19.1 Å². The van der Waals surface area contributed by atoms with Gasteiger partial charge in [-0.2, -0.15) is 0 Å². The SMILES string of the molecule is Cc1cccc2nc(-c3ncc[nH]3)c(NCC(=O)NO)n12. The first-order valence-electron chi connectivity index (χ1n) is 6.35. The van der Waals surface area contributed by atoms with Gasteiger partial charge in [0, 0.05) is 18.1 Å². The molecular weight excluding hydrogens is 272 g/mol. The van der Waals surface area contributed by atoms with E-state index in [1.165, 1.54) is 0 Å². The van der Waals surface area contributed by atoms with Gasteiger partial charge in [0.25, 0.3) is 5.91 Å². The van der Waals surface area contributed by atoms with Crippen LogP contribution in [0.3, 0.4) is 0 Å². The van der Waals surface area contributed by atoms with Crippen molar-refractivity contribution in [1.29, 1.82) is 0 Å². The number of hydrogen-bond donors (Lipinski definition) is 4. The minimum atomic E-state index is -0.538. The van der Waals surface area contributed by atoms with Crippen molar-refractivity contribution in [1.82, 2.24) is 24.8 Å². The number of nitrogens with one attached hydrogen (secondary N) is 3. The lowest BCUT2D eigenvalue weighted by atomic mass is 10.3. The molecule has 0 atom stereocenters. The second-order valence-corrected chi connectivity index (χ2v) is 4.50. The standard InChI is InChI=1S/C13H14N6O2/c1-8-3-2-4-9-17-11(12-14-5-6-15-12)13(19(8)9)16-7-10(20)18-21/h2-6,16,21H,7H2,1H3,(H,14,15)(H,18,20). The summed E-state index contributed by atoms with van der Waals surface area (Å²) >= 11 is 0. The zero-order chi connectivity index (χ0) is 14.8. The Bertz CT molecular complexity index is 777. The van der Waals surface area contributed by atoms with Crippen LogP contribution in [0.2, 0.25) is 0 Å². The maximum absolute atomic E-state index is 11.2. The Balaban J connectivity index is 2.13. The van der Waals surface area contributed by atoms with Crippen LogP contribution in [0, 0.1) is 6.92 Å². The lowest BCUT2D eigenvalue weighted by Crippen LogP contribution is -2.27. The monoisotopic (exact) mass is 286 g/mol. The number of hydrogen-bond acceptors (Lipinski definition) is 5. The molecule has 0 aliphatic heterocycles. The molecule has 0 aromatic carbocycles. The van der Waals surface area contributed by atoms with Gasteiger partial charge < -0.3 is 10.3 Å².